The van der Waals surface area contributed by atoms with Crippen molar-refractivity contribution in [2.75, 3.05) is 14.2 Å². The summed E-state index contributed by atoms with van der Waals surface area (Å²) >= 11 is 0. The van der Waals surface area contributed by atoms with Crippen LogP contribution in [0.4, 0.5) is 0 Å². The van der Waals surface area contributed by atoms with Crippen molar-refractivity contribution in [1.29, 1.82) is 0 Å². The van der Waals surface area contributed by atoms with Crippen molar-refractivity contribution in [3.63, 3.8) is 0 Å². The molecular weight excluding hydrogens is 326 g/mol. The molecule has 1 heterocycles. The van der Waals surface area contributed by atoms with Gasteiger partial charge in [0.15, 0.2) is 5.75 Å². The molecule has 116 valence electrons. The SMILES string of the molecule is COc1cc(SSc2ccccc2C(=O)O)[n+]([O-])cc1OC. The van der Waals surface area contributed by atoms with E-state index in [1.165, 1.54) is 37.3 Å². The minimum atomic E-state index is -1.01. The number of rotatable bonds is 6. The molecule has 0 bridgehead atoms. The Hall–Kier alpha value is -2.06. The van der Waals surface area contributed by atoms with Gasteiger partial charge in [-0.1, -0.05) is 12.1 Å². The Bertz CT molecular complexity index is 693. The number of hydrogen-bond donors (Lipinski definition) is 1. The van der Waals surface area contributed by atoms with Crippen LogP contribution in [0.3, 0.4) is 0 Å². The Balaban J connectivity index is 2.24. The maximum Gasteiger partial charge on any atom is 0.336 e. The Morgan fingerprint density at radius 2 is 1.86 bits per heavy atom. The van der Waals surface area contributed by atoms with E-state index in [1.54, 1.807) is 24.3 Å². The predicted octanol–water partition coefficient (Wildman–Crippen LogP) is 2.83. The first-order valence-corrected chi connectivity index (χ1v) is 8.23. The van der Waals surface area contributed by atoms with Gasteiger partial charge in [0.2, 0.25) is 11.9 Å². The zero-order chi connectivity index (χ0) is 16.1. The van der Waals surface area contributed by atoms with E-state index in [9.17, 15) is 10.0 Å². The summed E-state index contributed by atoms with van der Waals surface area (Å²) in [5, 5.41) is 21.4. The molecule has 0 radical (unpaired) electrons. The zero-order valence-electron chi connectivity index (χ0n) is 11.8. The number of aromatic nitrogens is 1. The van der Waals surface area contributed by atoms with E-state index in [4.69, 9.17) is 14.6 Å². The zero-order valence-corrected chi connectivity index (χ0v) is 13.4. The fraction of sp³-hybridized carbons (Fsp3) is 0.143. The molecule has 1 aromatic heterocycles. The summed E-state index contributed by atoms with van der Waals surface area (Å²) in [7, 11) is 5.27. The third-order valence-corrected chi connectivity index (χ3v) is 5.11. The molecule has 0 atom stereocenters. The second kappa shape index (κ2) is 7.28. The van der Waals surface area contributed by atoms with Crippen molar-refractivity contribution in [1.82, 2.24) is 0 Å². The number of carboxylic acid groups (broad SMARTS) is 1. The number of benzene rings is 1. The van der Waals surface area contributed by atoms with Gasteiger partial charge in [0.1, 0.15) is 0 Å². The van der Waals surface area contributed by atoms with Crippen LogP contribution in [0, 0.1) is 5.21 Å². The van der Waals surface area contributed by atoms with Gasteiger partial charge in [-0.15, -0.1) is 0 Å². The largest absolute Gasteiger partial charge is 0.618 e. The van der Waals surface area contributed by atoms with Crippen LogP contribution in [0.15, 0.2) is 46.5 Å². The molecule has 0 spiro atoms. The van der Waals surface area contributed by atoms with Gasteiger partial charge in [-0.05, 0) is 22.9 Å². The van der Waals surface area contributed by atoms with E-state index >= 15 is 0 Å². The minimum absolute atomic E-state index is 0.193. The van der Waals surface area contributed by atoms with Gasteiger partial charge < -0.3 is 19.8 Å². The van der Waals surface area contributed by atoms with Crippen LogP contribution in [-0.2, 0) is 0 Å². The van der Waals surface area contributed by atoms with Crippen LogP contribution in [0.25, 0.3) is 0 Å². The van der Waals surface area contributed by atoms with Crippen LogP contribution in [0.5, 0.6) is 11.5 Å². The number of aromatic carboxylic acids is 1. The topological polar surface area (TPSA) is 82.7 Å². The molecule has 0 saturated heterocycles. The van der Waals surface area contributed by atoms with Crippen LogP contribution >= 0.6 is 21.6 Å². The molecule has 1 aromatic carbocycles. The average molecular weight is 339 g/mol. The highest BCUT2D eigenvalue weighted by atomic mass is 33.1. The van der Waals surface area contributed by atoms with Crippen LogP contribution < -0.4 is 14.2 Å². The van der Waals surface area contributed by atoms with Crippen LogP contribution in [0.1, 0.15) is 10.4 Å². The molecule has 2 aromatic rings. The van der Waals surface area contributed by atoms with Crippen LogP contribution in [0.2, 0.25) is 0 Å². The Labute approximate surface area is 135 Å². The first-order valence-electron chi connectivity index (χ1n) is 6.09. The van der Waals surface area contributed by atoms with Gasteiger partial charge in [-0.2, -0.15) is 4.73 Å². The summed E-state index contributed by atoms with van der Waals surface area (Å²) in [4.78, 5) is 11.7. The first kappa shape index (κ1) is 16.3. The molecule has 0 amide bonds. The maximum absolute atomic E-state index is 11.9. The maximum atomic E-state index is 11.9. The smallest absolute Gasteiger partial charge is 0.336 e. The number of carboxylic acids is 1. The summed E-state index contributed by atoms with van der Waals surface area (Å²) in [5.41, 5.74) is 0.193. The second-order valence-electron chi connectivity index (χ2n) is 4.04. The molecule has 0 unspecified atom stereocenters. The highest BCUT2D eigenvalue weighted by Gasteiger charge is 2.17. The average Bonchev–Trinajstić information content (AvgIpc) is 2.53. The van der Waals surface area contributed by atoms with Crippen LogP contribution in [-0.4, -0.2) is 25.3 Å². The number of hydrogen-bond acceptors (Lipinski definition) is 6. The molecular formula is C14H13NO5S2. The van der Waals surface area contributed by atoms with Gasteiger partial charge in [0.25, 0.3) is 5.03 Å². The fourth-order valence-corrected chi connectivity index (χ4v) is 3.82. The van der Waals surface area contributed by atoms with Gasteiger partial charge >= 0.3 is 5.97 Å². The lowest BCUT2D eigenvalue weighted by Crippen LogP contribution is -2.28. The molecule has 0 aliphatic rings. The molecule has 2 rings (SSSR count). The molecule has 8 heteroatoms. The third kappa shape index (κ3) is 3.58. The summed E-state index contributed by atoms with van der Waals surface area (Å²) in [5.74, 6) is -0.243. The molecule has 0 aliphatic heterocycles. The minimum Gasteiger partial charge on any atom is -0.618 e. The van der Waals surface area contributed by atoms with E-state index in [2.05, 4.69) is 0 Å². The molecule has 1 N–H and O–H groups in total. The predicted molar refractivity (Wildman–Crippen MR) is 83.6 cm³/mol. The van der Waals surface area contributed by atoms with Crippen molar-refractivity contribution in [2.45, 2.75) is 9.92 Å². The Morgan fingerprint density at radius 1 is 1.18 bits per heavy atom. The second-order valence-corrected chi connectivity index (χ2v) is 6.23. The first-order chi connectivity index (χ1) is 10.6. The Morgan fingerprint density at radius 3 is 2.50 bits per heavy atom. The lowest BCUT2D eigenvalue weighted by Gasteiger charge is -2.10. The van der Waals surface area contributed by atoms with Crippen molar-refractivity contribution < 1.29 is 24.1 Å². The van der Waals surface area contributed by atoms with E-state index in [1.807, 2.05) is 0 Å². The fourth-order valence-electron chi connectivity index (χ4n) is 1.66. The highest BCUT2D eigenvalue weighted by molar-refractivity contribution is 8.76. The van der Waals surface area contributed by atoms with Crippen molar-refractivity contribution >= 4 is 27.6 Å². The van der Waals surface area contributed by atoms with Crippen molar-refractivity contribution in [2.24, 2.45) is 0 Å². The van der Waals surface area contributed by atoms with Gasteiger partial charge in [0.05, 0.1) is 25.8 Å². The summed E-state index contributed by atoms with van der Waals surface area (Å²) in [6.45, 7) is 0. The normalized spacial score (nSPS) is 10.3. The number of carbonyl (C=O) groups is 1. The van der Waals surface area contributed by atoms with Crippen molar-refractivity contribution in [3.8, 4) is 11.5 Å². The molecule has 22 heavy (non-hydrogen) atoms. The van der Waals surface area contributed by atoms with E-state index < -0.39 is 5.97 Å². The lowest BCUT2D eigenvalue weighted by molar-refractivity contribution is -0.645. The number of nitrogens with zero attached hydrogens (tertiary/aromatic N) is 1. The lowest BCUT2D eigenvalue weighted by atomic mass is 10.2. The summed E-state index contributed by atoms with van der Waals surface area (Å²) in [6, 6.07) is 8.16. The third-order valence-electron chi connectivity index (χ3n) is 2.72. The number of pyridine rings is 1. The van der Waals surface area contributed by atoms with Crippen molar-refractivity contribution in [3.05, 3.63) is 47.3 Å². The molecule has 6 nitrogen and oxygen atoms in total. The summed E-state index contributed by atoms with van der Waals surface area (Å²) in [6.07, 6.45) is 1.27. The Kier molecular flexibility index (Phi) is 5.40. The number of methoxy groups -OCH3 is 2. The molecule has 0 saturated carbocycles. The molecule has 0 fully saturated rings. The quantitative estimate of drug-likeness (QED) is 0.492. The van der Waals surface area contributed by atoms with E-state index in [0.29, 0.717) is 26.2 Å². The van der Waals surface area contributed by atoms with Gasteiger partial charge in [-0.3, -0.25) is 0 Å². The van der Waals surface area contributed by atoms with Gasteiger partial charge in [-0.25, -0.2) is 4.79 Å². The number of ether oxygens (including phenoxy) is 2. The summed E-state index contributed by atoms with van der Waals surface area (Å²) < 4.78 is 10.9. The highest BCUT2D eigenvalue weighted by Crippen LogP contribution is 2.39. The van der Waals surface area contributed by atoms with E-state index in [0.717, 1.165) is 10.8 Å². The standard InChI is InChI=1S/C14H13NO5S2/c1-19-10-7-13(15(18)8-11(10)20-2)22-21-12-6-4-3-5-9(12)14(16)17/h3-8H,1-2H3,(H,16,17). The molecule has 0 aliphatic carbocycles. The van der Waals surface area contributed by atoms with Gasteiger partial charge in [0, 0.05) is 15.7 Å². The van der Waals surface area contributed by atoms with E-state index in [-0.39, 0.29) is 5.56 Å². The monoisotopic (exact) mass is 339 g/mol.